The highest BCUT2D eigenvalue weighted by molar-refractivity contribution is 7.92. The van der Waals surface area contributed by atoms with Crippen LogP contribution in [0.4, 0.5) is 5.69 Å². The van der Waals surface area contributed by atoms with E-state index < -0.39 is 28.5 Å². The Morgan fingerprint density at radius 1 is 1.06 bits per heavy atom. The molecular weight excluding hydrogens is 462 g/mol. The molecule has 0 saturated heterocycles. The normalized spacial score (nSPS) is 12.2. The van der Waals surface area contributed by atoms with Gasteiger partial charge in [0.05, 0.1) is 17.0 Å². The molecule has 2 aromatic carbocycles. The summed E-state index contributed by atoms with van der Waals surface area (Å²) in [4.78, 5) is 27.9. The molecule has 0 heterocycles. The van der Waals surface area contributed by atoms with Crippen LogP contribution in [0.3, 0.4) is 0 Å². The number of carbonyl (C=O) groups excluding carboxylic acids is 2. The molecule has 0 aliphatic carbocycles. The van der Waals surface area contributed by atoms with Crippen molar-refractivity contribution >= 4 is 39.1 Å². The molecule has 1 atom stereocenters. The van der Waals surface area contributed by atoms with Crippen LogP contribution in [0.1, 0.15) is 37.8 Å². The number of halogens is 1. The Bertz CT molecular complexity index is 1060. The number of aryl methyl sites for hydroxylation is 1. The summed E-state index contributed by atoms with van der Waals surface area (Å²) in [5.41, 5.74) is 2.14. The first-order chi connectivity index (χ1) is 15.6. The molecule has 180 valence electrons. The van der Waals surface area contributed by atoms with E-state index in [1.165, 1.54) is 4.90 Å². The average molecular weight is 494 g/mol. The maximum absolute atomic E-state index is 13.5. The highest BCUT2D eigenvalue weighted by atomic mass is 35.5. The van der Waals surface area contributed by atoms with Crippen LogP contribution in [0.15, 0.2) is 48.5 Å². The van der Waals surface area contributed by atoms with Crippen molar-refractivity contribution < 1.29 is 18.0 Å². The zero-order valence-electron chi connectivity index (χ0n) is 19.5. The van der Waals surface area contributed by atoms with Crippen LogP contribution in [0.25, 0.3) is 0 Å². The quantitative estimate of drug-likeness (QED) is 0.516. The fourth-order valence-electron chi connectivity index (χ4n) is 3.42. The third kappa shape index (κ3) is 7.47. The lowest BCUT2D eigenvalue weighted by Gasteiger charge is -2.33. The second kappa shape index (κ2) is 12.0. The van der Waals surface area contributed by atoms with Crippen molar-refractivity contribution in [1.29, 1.82) is 0 Å². The molecule has 0 aliphatic rings. The average Bonchev–Trinajstić information content (AvgIpc) is 2.77. The van der Waals surface area contributed by atoms with E-state index in [0.717, 1.165) is 28.1 Å². The lowest BCUT2D eigenvalue weighted by atomic mass is 10.1. The first kappa shape index (κ1) is 26.7. The molecule has 2 rings (SSSR count). The first-order valence-corrected chi connectivity index (χ1v) is 13.2. The van der Waals surface area contributed by atoms with Gasteiger partial charge >= 0.3 is 0 Å². The number of benzene rings is 2. The van der Waals surface area contributed by atoms with Crippen molar-refractivity contribution in [1.82, 2.24) is 10.2 Å². The van der Waals surface area contributed by atoms with Crippen LogP contribution in [0, 0.1) is 6.92 Å². The predicted octanol–water partition coefficient (Wildman–Crippen LogP) is 3.75. The van der Waals surface area contributed by atoms with Gasteiger partial charge in [0, 0.05) is 13.1 Å². The Kier molecular flexibility index (Phi) is 9.73. The van der Waals surface area contributed by atoms with E-state index in [2.05, 4.69) is 5.32 Å². The van der Waals surface area contributed by atoms with Crippen molar-refractivity contribution in [3.05, 3.63) is 64.7 Å². The van der Waals surface area contributed by atoms with E-state index in [-0.39, 0.29) is 23.2 Å². The summed E-state index contributed by atoms with van der Waals surface area (Å²) in [6, 6.07) is 13.4. The standard InChI is InChI=1S/C24H32ClN3O4S/c1-5-15-26-24(30)21(6-2)27(16-19-13-11-18(3)12-14-19)23(29)17-28(33(4,31)32)22-10-8-7-9-20(22)25/h7-14,21H,5-6,15-17H2,1-4H3,(H,26,30)/t21-/m0/s1. The summed E-state index contributed by atoms with van der Waals surface area (Å²) in [7, 11) is -3.81. The Balaban J connectivity index is 2.42. The number of hydrogen-bond donors (Lipinski definition) is 1. The molecule has 2 aromatic rings. The number of sulfonamides is 1. The maximum Gasteiger partial charge on any atom is 0.244 e. The molecule has 0 bridgehead atoms. The Hall–Kier alpha value is -2.58. The van der Waals surface area contributed by atoms with Gasteiger partial charge in [-0.15, -0.1) is 0 Å². The minimum atomic E-state index is -3.81. The number of rotatable bonds is 11. The fourth-order valence-corrected chi connectivity index (χ4v) is 4.57. The van der Waals surface area contributed by atoms with Crippen molar-refractivity contribution in [3.8, 4) is 0 Å². The number of amides is 2. The maximum atomic E-state index is 13.5. The molecule has 9 heteroatoms. The summed E-state index contributed by atoms with van der Waals surface area (Å²) in [6.45, 7) is 5.95. The number of nitrogens with zero attached hydrogens (tertiary/aromatic N) is 2. The molecule has 2 amide bonds. The van der Waals surface area contributed by atoms with Crippen molar-refractivity contribution in [3.63, 3.8) is 0 Å². The minimum absolute atomic E-state index is 0.178. The Labute approximate surface area is 201 Å². The molecule has 7 nitrogen and oxygen atoms in total. The van der Waals surface area contributed by atoms with Gasteiger partial charge in [0.1, 0.15) is 12.6 Å². The van der Waals surface area contributed by atoms with Crippen LogP contribution in [-0.2, 0) is 26.2 Å². The van der Waals surface area contributed by atoms with Gasteiger partial charge in [0.25, 0.3) is 0 Å². The van der Waals surface area contributed by atoms with Gasteiger partial charge in [-0.25, -0.2) is 8.42 Å². The largest absolute Gasteiger partial charge is 0.354 e. The van der Waals surface area contributed by atoms with Crippen molar-refractivity contribution in [2.45, 2.75) is 46.2 Å². The first-order valence-electron chi connectivity index (χ1n) is 10.9. The van der Waals surface area contributed by atoms with E-state index in [0.29, 0.717) is 13.0 Å². The predicted molar refractivity (Wildman–Crippen MR) is 133 cm³/mol. The molecule has 0 aromatic heterocycles. The number of anilines is 1. The van der Waals surface area contributed by atoms with E-state index in [1.54, 1.807) is 24.3 Å². The Morgan fingerprint density at radius 2 is 1.70 bits per heavy atom. The zero-order chi connectivity index (χ0) is 24.6. The minimum Gasteiger partial charge on any atom is -0.354 e. The molecule has 0 aliphatic heterocycles. The Morgan fingerprint density at radius 3 is 2.24 bits per heavy atom. The van der Waals surface area contributed by atoms with Gasteiger partial charge in [0.2, 0.25) is 21.8 Å². The number of para-hydroxylation sites is 1. The van der Waals surface area contributed by atoms with Crippen LogP contribution in [-0.4, -0.2) is 50.5 Å². The third-order valence-corrected chi connectivity index (χ3v) is 6.66. The number of carbonyl (C=O) groups is 2. The lowest BCUT2D eigenvalue weighted by Crippen LogP contribution is -2.52. The van der Waals surface area contributed by atoms with Crippen molar-refractivity contribution in [2.75, 3.05) is 23.7 Å². The molecule has 0 saturated carbocycles. The van der Waals surface area contributed by atoms with Crippen LogP contribution in [0.2, 0.25) is 5.02 Å². The van der Waals surface area contributed by atoms with Crippen molar-refractivity contribution in [2.24, 2.45) is 0 Å². The van der Waals surface area contributed by atoms with Crippen LogP contribution >= 0.6 is 11.6 Å². The molecule has 0 radical (unpaired) electrons. The van der Waals surface area contributed by atoms with Gasteiger partial charge in [0.15, 0.2) is 0 Å². The lowest BCUT2D eigenvalue weighted by molar-refractivity contribution is -0.140. The summed E-state index contributed by atoms with van der Waals surface area (Å²) < 4.78 is 26.1. The van der Waals surface area contributed by atoms with E-state index in [1.807, 2.05) is 45.0 Å². The molecule has 33 heavy (non-hydrogen) atoms. The molecule has 0 unspecified atom stereocenters. The summed E-state index contributed by atoms with van der Waals surface area (Å²) in [5.74, 6) is -0.747. The van der Waals surface area contributed by atoms with Gasteiger partial charge < -0.3 is 10.2 Å². The highest BCUT2D eigenvalue weighted by Crippen LogP contribution is 2.27. The SMILES string of the molecule is CCCNC(=O)[C@H](CC)N(Cc1ccc(C)cc1)C(=O)CN(c1ccccc1Cl)S(C)(=O)=O. The smallest absolute Gasteiger partial charge is 0.244 e. The second-order valence-corrected chi connectivity index (χ2v) is 10.3. The molecule has 0 fully saturated rings. The van der Waals surface area contributed by atoms with E-state index in [4.69, 9.17) is 11.6 Å². The topological polar surface area (TPSA) is 86.8 Å². The third-order valence-electron chi connectivity index (χ3n) is 5.21. The number of nitrogens with one attached hydrogen (secondary N) is 1. The fraction of sp³-hybridized carbons (Fsp3) is 0.417. The summed E-state index contributed by atoms with van der Waals surface area (Å²) >= 11 is 6.23. The summed E-state index contributed by atoms with van der Waals surface area (Å²) in [5, 5.41) is 3.07. The van der Waals surface area contributed by atoms with Gasteiger partial charge in [-0.3, -0.25) is 13.9 Å². The molecule has 1 N–H and O–H groups in total. The van der Waals surface area contributed by atoms with Crippen LogP contribution in [0.5, 0.6) is 0 Å². The molecule has 0 spiro atoms. The van der Waals surface area contributed by atoms with Crippen LogP contribution < -0.4 is 9.62 Å². The highest BCUT2D eigenvalue weighted by Gasteiger charge is 2.32. The molecular formula is C24H32ClN3O4S. The van der Waals surface area contributed by atoms with Gasteiger partial charge in [-0.1, -0.05) is 67.4 Å². The summed E-state index contributed by atoms with van der Waals surface area (Å²) in [6.07, 6.45) is 2.18. The second-order valence-electron chi connectivity index (χ2n) is 7.94. The van der Waals surface area contributed by atoms with E-state index in [9.17, 15) is 18.0 Å². The monoisotopic (exact) mass is 493 g/mol. The van der Waals surface area contributed by atoms with Gasteiger partial charge in [-0.05, 0) is 37.5 Å². The number of hydrogen-bond acceptors (Lipinski definition) is 4. The zero-order valence-corrected chi connectivity index (χ0v) is 21.1. The van der Waals surface area contributed by atoms with Gasteiger partial charge in [-0.2, -0.15) is 0 Å². The van der Waals surface area contributed by atoms with E-state index >= 15 is 0 Å².